The van der Waals surface area contributed by atoms with Gasteiger partial charge in [-0.3, -0.25) is 4.99 Å². The molecule has 2 aliphatic heterocycles. The Morgan fingerprint density at radius 3 is 2.52 bits per heavy atom. The molecule has 130 valence electrons. The van der Waals surface area contributed by atoms with E-state index in [-0.39, 0.29) is 5.41 Å². The fourth-order valence-electron chi connectivity index (χ4n) is 4.05. The molecule has 1 atom stereocenters. The lowest BCUT2D eigenvalue weighted by Gasteiger charge is -2.38. The Morgan fingerprint density at radius 1 is 1.08 bits per heavy atom. The van der Waals surface area contributed by atoms with Gasteiger partial charge in [-0.2, -0.15) is 0 Å². The minimum atomic E-state index is -0.517. The van der Waals surface area contributed by atoms with Crippen molar-refractivity contribution in [2.75, 3.05) is 37.0 Å². The molecule has 0 spiro atoms. The number of para-hydroxylation sites is 1. The van der Waals surface area contributed by atoms with Crippen molar-refractivity contribution in [3.8, 4) is 0 Å². The van der Waals surface area contributed by atoms with E-state index < -0.39 is 5.72 Å². The van der Waals surface area contributed by atoms with Gasteiger partial charge in [0.1, 0.15) is 0 Å². The van der Waals surface area contributed by atoms with Crippen LogP contribution in [-0.2, 0) is 10.2 Å². The average Bonchev–Trinajstić information content (AvgIpc) is 3.12. The summed E-state index contributed by atoms with van der Waals surface area (Å²) in [4.78, 5) is 9.24. The Kier molecular flexibility index (Phi) is 3.62. The van der Waals surface area contributed by atoms with Crippen LogP contribution in [0.5, 0.6) is 0 Å². The maximum absolute atomic E-state index is 6.31. The Morgan fingerprint density at radius 2 is 1.80 bits per heavy atom. The van der Waals surface area contributed by atoms with Crippen molar-refractivity contribution in [3.05, 3.63) is 54.1 Å². The van der Waals surface area contributed by atoms with E-state index in [1.54, 1.807) is 0 Å². The van der Waals surface area contributed by atoms with E-state index in [1.165, 1.54) is 16.9 Å². The molecule has 0 aliphatic carbocycles. The molecule has 0 amide bonds. The van der Waals surface area contributed by atoms with Crippen molar-refractivity contribution in [2.24, 2.45) is 4.99 Å². The van der Waals surface area contributed by atoms with Gasteiger partial charge in [0, 0.05) is 37.4 Å². The molecule has 0 bridgehead atoms. The first-order chi connectivity index (χ1) is 12.0. The molecule has 0 saturated carbocycles. The highest BCUT2D eigenvalue weighted by Crippen LogP contribution is 2.53. The van der Waals surface area contributed by atoms with Crippen LogP contribution in [0.15, 0.2) is 53.5 Å². The molecule has 4 nitrogen and oxygen atoms in total. The van der Waals surface area contributed by atoms with E-state index in [2.05, 4.69) is 72.2 Å². The number of anilines is 2. The number of rotatable bonds is 3. The topological polar surface area (TPSA) is 28.1 Å². The van der Waals surface area contributed by atoms with Crippen LogP contribution < -0.4 is 9.80 Å². The molecule has 4 heteroatoms. The molecule has 1 saturated heterocycles. The number of hydrogen-bond acceptors (Lipinski definition) is 4. The van der Waals surface area contributed by atoms with E-state index in [9.17, 15) is 0 Å². The standard InChI is InChI=1S/C21H25N3O/c1-20(2)18-7-5-6-8-19(18)24-13-14-25-21(20,24)15-22-16-9-11-17(12-10-16)23(3)4/h5-12,15H,13-14H2,1-4H3/b22-15+. The molecule has 2 heterocycles. The Balaban J connectivity index is 1.71. The molecule has 0 aromatic heterocycles. The molecule has 0 N–H and O–H groups in total. The smallest absolute Gasteiger partial charge is 0.187 e. The predicted octanol–water partition coefficient (Wildman–Crippen LogP) is 3.98. The third kappa shape index (κ3) is 2.28. The van der Waals surface area contributed by atoms with Gasteiger partial charge in [0.2, 0.25) is 0 Å². The zero-order valence-corrected chi connectivity index (χ0v) is 15.4. The molecular weight excluding hydrogens is 310 g/mol. The van der Waals surface area contributed by atoms with Crippen LogP contribution in [0.3, 0.4) is 0 Å². The number of benzene rings is 2. The summed E-state index contributed by atoms with van der Waals surface area (Å²) in [6.45, 7) is 6.12. The SMILES string of the molecule is CN(C)c1ccc(/N=C/C23OCCN2c2ccccc2C3(C)C)cc1. The zero-order valence-electron chi connectivity index (χ0n) is 15.4. The number of aliphatic imine (C=N–C) groups is 1. The Bertz CT molecular complexity index is 810. The number of fused-ring (bicyclic) bond motifs is 3. The maximum atomic E-state index is 6.31. The van der Waals surface area contributed by atoms with E-state index in [0.717, 1.165) is 18.8 Å². The summed E-state index contributed by atoms with van der Waals surface area (Å²) in [5.41, 5.74) is 4.03. The monoisotopic (exact) mass is 335 g/mol. The van der Waals surface area contributed by atoms with Crippen LogP contribution in [0.1, 0.15) is 19.4 Å². The minimum absolute atomic E-state index is 0.160. The van der Waals surface area contributed by atoms with Gasteiger partial charge in [-0.1, -0.05) is 32.0 Å². The molecule has 25 heavy (non-hydrogen) atoms. The van der Waals surface area contributed by atoms with E-state index >= 15 is 0 Å². The van der Waals surface area contributed by atoms with Gasteiger partial charge in [-0.05, 0) is 35.9 Å². The van der Waals surface area contributed by atoms with Crippen molar-refractivity contribution in [2.45, 2.75) is 25.0 Å². The maximum Gasteiger partial charge on any atom is 0.187 e. The lowest BCUT2D eigenvalue weighted by molar-refractivity contribution is 0.0206. The highest BCUT2D eigenvalue weighted by Gasteiger charge is 2.59. The van der Waals surface area contributed by atoms with Gasteiger partial charge in [0.05, 0.1) is 18.5 Å². The highest BCUT2D eigenvalue weighted by atomic mass is 16.5. The number of hydrogen-bond donors (Lipinski definition) is 0. The number of ether oxygens (including phenoxy) is 1. The van der Waals surface area contributed by atoms with Crippen molar-refractivity contribution in [3.63, 3.8) is 0 Å². The predicted molar refractivity (Wildman–Crippen MR) is 104 cm³/mol. The lowest BCUT2D eigenvalue weighted by atomic mass is 9.78. The van der Waals surface area contributed by atoms with Crippen molar-refractivity contribution >= 4 is 23.3 Å². The van der Waals surface area contributed by atoms with Crippen LogP contribution in [0, 0.1) is 0 Å². The molecule has 1 fully saturated rings. The molecule has 4 rings (SSSR count). The third-order valence-corrected chi connectivity index (χ3v) is 5.56. The first-order valence-corrected chi connectivity index (χ1v) is 8.79. The molecular formula is C21H25N3O. The average molecular weight is 335 g/mol. The lowest BCUT2D eigenvalue weighted by Crippen LogP contribution is -2.54. The van der Waals surface area contributed by atoms with Gasteiger partial charge in [-0.25, -0.2) is 0 Å². The Labute approximate surface area is 149 Å². The second kappa shape index (κ2) is 5.60. The van der Waals surface area contributed by atoms with Crippen LogP contribution in [-0.4, -0.2) is 39.2 Å². The van der Waals surface area contributed by atoms with Crippen molar-refractivity contribution < 1.29 is 4.74 Å². The van der Waals surface area contributed by atoms with E-state index in [1.807, 2.05) is 20.3 Å². The molecule has 2 aromatic carbocycles. The quantitative estimate of drug-likeness (QED) is 0.794. The number of nitrogens with zero attached hydrogens (tertiary/aromatic N) is 3. The summed E-state index contributed by atoms with van der Waals surface area (Å²) < 4.78 is 6.31. The molecule has 0 radical (unpaired) electrons. The van der Waals surface area contributed by atoms with E-state index in [4.69, 9.17) is 9.73 Å². The van der Waals surface area contributed by atoms with Crippen LogP contribution in [0.4, 0.5) is 17.1 Å². The molecule has 1 unspecified atom stereocenters. The summed E-state index contributed by atoms with van der Waals surface area (Å²) in [7, 11) is 4.08. The van der Waals surface area contributed by atoms with E-state index in [0.29, 0.717) is 0 Å². The second-order valence-corrected chi connectivity index (χ2v) is 7.51. The zero-order chi connectivity index (χ0) is 17.7. The summed E-state index contributed by atoms with van der Waals surface area (Å²) in [6, 6.07) is 16.9. The van der Waals surface area contributed by atoms with Gasteiger partial charge in [0.25, 0.3) is 0 Å². The molecule has 2 aromatic rings. The van der Waals surface area contributed by atoms with Crippen LogP contribution in [0.2, 0.25) is 0 Å². The molecule has 2 aliphatic rings. The van der Waals surface area contributed by atoms with Crippen LogP contribution in [0.25, 0.3) is 0 Å². The fourth-order valence-corrected chi connectivity index (χ4v) is 4.05. The summed E-state index contributed by atoms with van der Waals surface area (Å²) in [5.74, 6) is 0. The fraction of sp³-hybridized carbons (Fsp3) is 0.381. The third-order valence-electron chi connectivity index (χ3n) is 5.56. The largest absolute Gasteiger partial charge is 0.378 e. The van der Waals surface area contributed by atoms with Gasteiger partial charge in [-0.15, -0.1) is 0 Å². The normalized spacial score (nSPS) is 23.8. The summed E-state index contributed by atoms with van der Waals surface area (Å²) >= 11 is 0. The first-order valence-electron chi connectivity index (χ1n) is 8.79. The highest BCUT2D eigenvalue weighted by molar-refractivity contribution is 5.86. The second-order valence-electron chi connectivity index (χ2n) is 7.51. The van der Waals surface area contributed by atoms with Gasteiger partial charge < -0.3 is 14.5 Å². The van der Waals surface area contributed by atoms with Gasteiger partial charge in [0.15, 0.2) is 5.72 Å². The van der Waals surface area contributed by atoms with Crippen LogP contribution >= 0.6 is 0 Å². The first kappa shape index (κ1) is 16.2. The summed E-state index contributed by atoms with van der Waals surface area (Å²) in [5, 5.41) is 0. The van der Waals surface area contributed by atoms with Gasteiger partial charge >= 0.3 is 0 Å². The Hall–Kier alpha value is -2.33. The van der Waals surface area contributed by atoms with Crippen molar-refractivity contribution in [1.82, 2.24) is 0 Å². The van der Waals surface area contributed by atoms with Crippen molar-refractivity contribution in [1.29, 1.82) is 0 Å². The minimum Gasteiger partial charge on any atom is -0.378 e. The summed E-state index contributed by atoms with van der Waals surface area (Å²) in [6.07, 6.45) is 2.00.